The number of H-pyrrole nitrogens is 1. The highest BCUT2D eigenvalue weighted by molar-refractivity contribution is 6.35. The number of nitrogens with zero attached hydrogens (tertiary/aromatic N) is 5. The summed E-state index contributed by atoms with van der Waals surface area (Å²) in [7, 11) is 3.27. The Morgan fingerprint density at radius 1 is 1.22 bits per heavy atom. The average Bonchev–Trinajstić information content (AvgIpc) is 3.48. The summed E-state index contributed by atoms with van der Waals surface area (Å²) in [4.78, 5) is 49.9. The molecule has 1 saturated carbocycles. The number of aliphatic carboxylic acids is 1. The number of hydrogen-bond acceptors (Lipinski definition) is 6. The zero-order valence-corrected chi connectivity index (χ0v) is 20.7. The minimum Gasteiger partial charge on any atom is -0.481 e. The van der Waals surface area contributed by atoms with Gasteiger partial charge in [0, 0.05) is 59.2 Å². The van der Waals surface area contributed by atoms with Gasteiger partial charge in [0.25, 0.3) is 5.56 Å². The van der Waals surface area contributed by atoms with Crippen LogP contribution >= 0.6 is 11.6 Å². The van der Waals surface area contributed by atoms with Gasteiger partial charge in [0.05, 0.1) is 12.5 Å². The third kappa shape index (κ3) is 3.78. The van der Waals surface area contributed by atoms with Crippen LogP contribution in [0.1, 0.15) is 23.7 Å². The largest absolute Gasteiger partial charge is 0.481 e. The van der Waals surface area contributed by atoms with Gasteiger partial charge in [-0.05, 0) is 36.8 Å². The molecule has 2 atom stereocenters. The zero-order valence-electron chi connectivity index (χ0n) is 19.9. The number of halogens is 1. The summed E-state index contributed by atoms with van der Waals surface area (Å²) in [5.41, 5.74) is 2.38. The molecule has 3 N–H and O–H groups in total. The van der Waals surface area contributed by atoms with Crippen molar-refractivity contribution in [2.75, 3.05) is 5.32 Å². The summed E-state index contributed by atoms with van der Waals surface area (Å²) in [6.45, 7) is 0.0419. The van der Waals surface area contributed by atoms with Crippen LogP contribution in [0.25, 0.3) is 22.1 Å². The van der Waals surface area contributed by atoms with E-state index in [1.165, 1.54) is 4.57 Å². The van der Waals surface area contributed by atoms with Crippen LogP contribution in [-0.4, -0.2) is 39.7 Å². The lowest BCUT2D eigenvalue weighted by molar-refractivity contribution is -0.138. The van der Waals surface area contributed by atoms with Gasteiger partial charge >= 0.3 is 11.7 Å². The third-order valence-electron chi connectivity index (χ3n) is 6.88. The van der Waals surface area contributed by atoms with Crippen LogP contribution in [0.4, 0.5) is 11.6 Å². The number of rotatable bonds is 6. The van der Waals surface area contributed by atoms with Gasteiger partial charge in [-0.2, -0.15) is 4.98 Å². The topological polar surface area (TPSA) is 140 Å². The lowest BCUT2D eigenvalue weighted by Gasteiger charge is -2.08. The smallest absolute Gasteiger partial charge is 0.332 e. The summed E-state index contributed by atoms with van der Waals surface area (Å²) >= 11 is 6.28. The predicted octanol–water partition coefficient (Wildman–Crippen LogP) is 2.94. The molecule has 0 unspecified atom stereocenters. The molecule has 6 rings (SSSR count). The van der Waals surface area contributed by atoms with Gasteiger partial charge in [0.15, 0.2) is 11.2 Å². The van der Waals surface area contributed by atoms with Crippen molar-refractivity contribution < 1.29 is 9.90 Å². The Hall–Kier alpha value is -4.38. The molecule has 5 aromatic rings. The molecular weight excluding hydrogens is 498 g/mol. The first-order chi connectivity index (χ1) is 17.7. The summed E-state index contributed by atoms with van der Waals surface area (Å²) in [5, 5.41) is 13.8. The van der Waals surface area contributed by atoms with Crippen LogP contribution in [0.15, 0.2) is 52.2 Å². The first kappa shape index (κ1) is 23.0. The SMILES string of the molecule is Cn1c(Nc2ccnc([C@H]3C[C@@H]3C(=O)O)c2)nc2c1c(=O)n(Cc1cc3c(Cl)cccc3[nH]1)c(=O)n2C. The van der Waals surface area contributed by atoms with Crippen molar-refractivity contribution in [3.05, 3.63) is 79.8 Å². The van der Waals surface area contributed by atoms with E-state index in [0.29, 0.717) is 34.5 Å². The Balaban J connectivity index is 1.37. The van der Waals surface area contributed by atoms with Crippen molar-refractivity contribution in [3.8, 4) is 0 Å². The van der Waals surface area contributed by atoms with Crippen molar-refractivity contribution >= 4 is 51.3 Å². The number of carboxylic acid groups (broad SMARTS) is 1. The number of nitrogens with one attached hydrogen (secondary N) is 2. The molecule has 37 heavy (non-hydrogen) atoms. The quantitative estimate of drug-likeness (QED) is 0.313. The summed E-state index contributed by atoms with van der Waals surface area (Å²) in [5.74, 6) is -1.000. The number of aryl methyl sites for hydroxylation is 2. The maximum Gasteiger partial charge on any atom is 0.332 e. The second-order valence-corrected chi connectivity index (χ2v) is 9.68. The Labute approximate surface area is 214 Å². The van der Waals surface area contributed by atoms with E-state index in [1.54, 1.807) is 43.1 Å². The van der Waals surface area contributed by atoms with E-state index in [1.807, 2.05) is 18.2 Å². The first-order valence-electron chi connectivity index (χ1n) is 11.6. The summed E-state index contributed by atoms with van der Waals surface area (Å²) in [6, 6.07) is 10.8. The molecule has 188 valence electrons. The first-order valence-corrected chi connectivity index (χ1v) is 12.0. The maximum atomic E-state index is 13.5. The van der Waals surface area contributed by atoms with Crippen LogP contribution in [-0.2, 0) is 25.4 Å². The molecule has 1 aliphatic carbocycles. The number of aromatic nitrogens is 6. The van der Waals surface area contributed by atoms with E-state index >= 15 is 0 Å². The van der Waals surface area contributed by atoms with Crippen molar-refractivity contribution in [3.63, 3.8) is 0 Å². The van der Waals surface area contributed by atoms with Gasteiger partial charge in [0.2, 0.25) is 5.95 Å². The number of anilines is 2. The number of pyridine rings is 1. The normalized spacial score (nSPS) is 16.9. The van der Waals surface area contributed by atoms with Crippen LogP contribution in [0, 0.1) is 5.92 Å². The molecular formula is C25H22ClN7O4. The molecule has 0 saturated heterocycles. The second kappa shape index (κ2) is 8.34. The van der Waals surface area contributed by atoms with Crippen molar-refractivity contribution in [2.45, 2.75) is 18.9 Å². The van der Waals surface area contributed by atoms with E-state index in [4.69, 9.17) is 11.6 Å². The predicted molar refractivity (Wildman–Crippen MR) is 139 cm³/mol. The van der Waals surface area contributed by atoms with Crippen LogP contribution in [0.2, 0.25) is 5.02 Å². The fourth-order valence-electron chi connectivity index (χ4n) is 4.78. The molecule has 0 amide bonds. The molecule has 4 heterocycles. The summed E-state index contributed by atoms with van der Waals surface area (Å²) in [6.07, 6.45) is 2.16. The number of imidazole rings is 1. The highest BCUT2D eigenvalue weighted by Crippen LogP contribution is 2.47. The minimum absolute atomic E-state index is 0.0419. The Bertz CT molecular complexity index is 1850. The van der Waals surface area contributed by atoms with E-state index in [2.05, 4.69) is 20.3 Å². The molecule has 0 bridgehead atoms. The molecule has 0 spiro atoms. The van der Waals surface area contributed by atoms with Gasteiger partial charge in [-0.1, -0.05) is 17.7 Å². The van der Waals surface area contributed by atoms with Crippen molar-refractivity contribution in [1.82, 2.24) is 28.7 Å². The van der Waals surface area contributed by atoms with E-state index in [0.717, 1.165) is 15.5 Å². The zero-order chi connectivity index (χ0) is 26.0. The number of benzene rings is 1. The lowest BCUT2D eigenvalue weighted by atomic mass is 10.2. The van der Waals surface area contributed by atoms with Crippen LogP contribution in [0.5, 0.6) is 0 Å². The number of fused-ring (bicyclic) bond motifs is 2. The number of carbonyl (C=O) groups is 1. The van der Waals surface area contributed by atoms with Crippen LogP contribution in [0.3, 0.4) is 0 Å². The highest BCUT2D eigenvalue weighted by Gasteiger charge is 2.45. The fraction of sp³-hybridized carbons (Fsp3) is 0.240. The van der Waals surface area contributed by atoms with Gasteiger partial charge in [-0.25, -0.2) is 4.79 Å². The molecule has 4 aromatic heterocycles. The Morgan fingerprint density at radius 3 is 2.76 bits per heavy atom. The van der Waals surface area contributed by atoms with E-state index < -0.39 is 23.1 Å². The molecule has 12 heteroatoms. The minimum atomic E-state index is -0.826. The molecule has 0 aliphatic heterocycles. The van der Waals surface area contributed by atoms with Crippen LogP contribution < -0.4 is 16.6 Å². The monoisotopic (exact) mass is 519 g/mol. The Kier molecular flexibility index (Phi) is 5.19. The van der Waals surface area contributed by atoms with Gasteiger partial charge in [-0.3, -0.25) is 23.7 Å². The third-order valence-corrected chi connectivity index (χ3v) is 7.21. The highest BCUT2D eigenvalue weighted by atomic mass is 35.5. The molecule has 1 aliphatic rings. The fourth-order valence-corrected chi connectivity index (χ4v) is 5.01. The average molecular weight is 520 g/mol. The maximum absolute atomic E-state index is 13.5. The van der Waals surface area contributed by atoms with Gasteiger partial charge < -0.3 is 20.0 Å². The lowest BCUT2D eigenvalue weighted by Crippen LogP contribution is -2.39. The van der Waals surface area contributed by atoms with E-state index in [-0.39, 0.29) is 23.6 Å². The van der Waals surface area contributed by atoms with Crippen molar-refractivity contribution in [2.24, 2.45) is 20.0 Å². The van der Waals surface area contributed by atoms with Crippen molar-refractivity contribution in [1.29, 1.82) is 0 Å². The molecule has 0 radical (unpaired) electrons. The number of hydrogen-bond donors (Lipinski definition) is 3. The second-order valence-electron chi connectivity index (χ2n) is 9.28. The Morgan fingerprint density at radius 2 is 2.03 bits per heavy atom. The van der Waals surface area contributed by atoms with Gasteiger partial charge in [-0.15, -0.1) is 0 Å². The number of aromatic amines is 1. The molecule has 1 fully saturated rings. The summed E-state index contributed by atoms with van der Waals surface area (Å²) < 4.78 is 4.11. The molecule has 11 nitrogen and oxygen atoms in total. The van der Waals surface area contributed by atoms with E-state index in [9.17, 15) is 19.5 Å². The standard InChI is InChI=1S/C25H22ClN7O4/c1-31-20-21(30-24(31)29-12-6-7-27-19(9-12)14-10-15(14)23(35)36)32(2)25(37)33(22(20)34)11-13-8-16-17(26)4-3-5-18(16)28-13/h3-9,14-15,28H,10-11H2,1-2H3,(H,35,36)(H,27,29,30)/t14-,15-/m0/s1. The number of carboxylic acids is 1. The van der Waals surface area contributed by atoms with Gasteiger partial charge in [0.1, 0.15) is 0 Å². The molecule has 1 aromatic carbocycles.